The summed E-state index contributed by atoms with van der Waals surface area (Å²) in [5.41, 5.74) is 0.976. The Morgan fingerprint density at radius 2 is 2.58 bits per heavy atom. The van der Waals surface area contributed by atoms with Crippen molar-refractivity contribution in [2.75, 3.05) is 7.05 Å². The van der Waals surface area contributed by atoms with Gasteiger partial charge in [-0.05, 0) is 14.0 Å². The monoisotopic (exact) mass is 167 g/mol. The summed E-state index contributed by atoms with van der Waals surface area (Å²) in [6, 6.07) is -0.106. The van der Waals surface area contributed by atoms with Gasteiger partial charge in [-0.2, -0.15) is 0 Å². The minimum absolute atomic E-state index is 0.106. The van der Waals surface area contributed by atoms with E-state index in [0.29, 0.717) is 6.42 Å². The Morgan fingerprint density at radius 3 is 3.00 bits per heavy atom. The average Bonchev–Trinajstić information content (AvgIpc) is 2.51. The molecule has 0 aromatic carbocycles. The molecule has 0 unspecified atom stereocenters. The molecule has 1 atom stereocenters. The molecule has 0 spiro atoms. The van der Waals surface area contributed by atoms with Gasteiger partial charge in [0, 0.05) is 18.3 Å². The Kier molecular flexibility index (Phi) is 2.99. The molecule has 12 heavy (non-hydrogen) atoms. The number of H-pyrrole nitrogens is 1. The minimum Gasteiger partial charge on any atom is -0.348 e. The molecule has 0 radical (unpaired) electrons. The maximum Gasteiger partial charge on any atom is 0.147 e. The summed E-state index contributed by atoms with van der Waals surface area (Å²) in [6.07, 6.45) is 4.02. The SMILES string of the molecule is CN[C@H](Cc1cnc[nH]1)C(C)=O. The molecule has 1 heterocycles. The van der Waals surface area contributed by atoms with E-state index < -0.39 is 0 Å². The van der Waals surface area contributed by atoms with Gasteiger partial charge in [-0.15, -0.1) is 0 Å². The zero-order valence-electron chi connectivity index (χ0n) is 7.29. The van der Waals surface area contributed by atoms with Gasteiger partial charge in [0.15, 0.2) is 0 Å². The van der Waals surface area contributed by atoms with Gasteiger partial charge in [0.2, 0.25) is 0 Å². The molecule has 0 fully saturated rings. The maximum atomic E-state index is 11.0. The van der Waals surface area contributed by atoms with Crippen molar-refractivity contribution < 1.29 is 4.79 Å². The molecule has 66 valence electrons. The van der Waals surface area contributed by atoms with Crippen molar-refractivity contribution >= 4 is 5.78 Å². The predicted octanol–water partition coefficient (Wildman–Crippen LogP) is 0.129. The first-order valence-electron chi connectivity index (χ1n) is 3.89. The number of likely N-dealkylation sites (N-methyl/N-ethyl adjacent to an activating group) is 1. The lowest BCUT2D eigenvalue weighted by Crippen LogP contribution is -2.34. The van der Waals surface area contributed by atoms with E-state index in [9.17, 15) is 4.79 Å². The summed E-state index contributed by atoms with van der Waals surface area (Å²) in [6.45, 7) is 1.58. The van der Waals surface area contributed by atoms with Crippen LogP contribution < -0.4 is 5.32 Å². The molecule has 4 heteroatoms. The number of aromatic amines is 1. The topological polar surface area (TPSA) is 57.8 Å². The number of nitrogens with one attached hydrogen (secondary N) is 2. The largest absolute Gasteiger partial charge is 0.348 e. The van der Waals surface area contributed by atoms with Gasteiger partial charge in [-0.25, -0.2) is 4.98 Å². The number of ketones is 1. The van der Waals surface area contributed by atoms with E-state index in [2.05, 4.69) is 15.3 Å². The predicted molar refractivity (Wildman–Crippen MR) is 45.8 cm³/mol. The van der Waals surface area contributed by atoms with Crippen LogP contribution >= 0.6 is 0 Å². The summed E-state index contributed by atoms with van der Waals surface area (Å²) < 4.78 is 0. The van der Waals surface area contributed by atoms with Crippen molar-refractivity contribution in [3.63, 3.8) is 0 Å². The third-order valence-electron chi connectivity index (χ3n) is 1.82. The summed E-state index contributed by atoms with van der Waals surface area (Å²) in [7, 11) is 1.78. The molecule has 1 rings (SSSR count). The van der Waals surface area contributed by atoms with Crippen molar-refractivity contribution in [2.24, 2.45) is 0 Å². The second-order valence-corrected chi connectivity index (χ2v) is 2.73. The number of hydrogen-bond donors (Lipinski definition) is 2. The second kappa shape index (κ2) is 4.01. The molecule has 4 nitrogen and oxygen atoms in total. The molecular weight excluding hydrogens is 154 g/mol. The third-order valence-corrected chi connectivity index (χ3v) is 1.82. The smallest absolute Gasteiger partial charge is 0.147 e. The van der Waals surface area contributed by atoms with E-state index >= 15 is 0 Å². The van der Waals surface area contributed by atoms with Crippen LogP contribution in [0.1, 0.15) is 12.6 Å². The van der Waals surface area contributed by atoms with Crippen LogP contribution in [0.2, 0.25) is 0 Å². The first-order chi connectivity index (χ1) is 5.74. The lowest BCUT2D eigenvalue weighted by atomic mass is 10.1. The molecule has 0 aliphatic carbocycles. The lowest BCUT2D eigenvalue weighted by Gasteiger charge is -2.10. The highest BCUT2D eigenvalue weighted by molar-refractivity contribution is 5.81. The third kappa shape index (κ3) is 2.17. The Balaban J connectivity index is 2.54. The van der Waals surface area contributed by atoms with Crippen molar-refractivity contribution in [1.82, 2.24) is 15.3 Å². The Labute approximate surface area is 71.4 Å². The minimum atomic E-state index is -0.106. The Bertz CT molecular complexity index is 243. The van der Waals surface area contributed by atoms with Crippen LogP contribution in [0.25, 0.3) is 0 Å². The van der Waals surface area contributed by atoms with Gasteiger partial charge in [0.1, 0.15) is 5.78 Å². The van der Waals surface area contributed by atoms with Crippen LogP contribution in [-0.4, -0.2) is 28.8 Å². The highest BCUT2D eigenvalue weighted by Gasteiger charge is 2.12. The highest BCUT2D eigenvalue weighted by Crippen LogP contribution is 1.98. The number of hydrogen-bond acceptors (Lipinski definition) is 3. The zero-order valence-corrected chi connectivity index (χ0v) is 7.29. The summed E-state index contributed by atoms with van der Waals surface area (Å²) in [4.78, 5) is 17.8. The zero-order chi connectivity index (χ0) is 8.97. The number of rotatable bonds is 4. The fourth-order valence-electron chi connectivity index (χ4n) is 1.07. The molecule has 1 aromatic heterocycles. The van der Waals surface area contributed by atoms with E-state index in [4.69, 9.17) is 0 Å². The van der Waals surface area contributed by atoms with Gasteiger partial charge in [0.05, 0.1) is 12.4 Å². The standard InChI is InChI=1S/C8H13N3O/c1-6(12)8(9-2)3-7-4-10-5-11-7/h4-5,8-9H,3H2,1-2H3,(H,10,11)/t8-/m1/s1. The lowest BCUT2D eigenvalue weighted by molar-refractivity contribution is -0.118. The average molecular weight is 167 g/mol. The Morgan fingerprint density at radius 1 is 1.83 bits per heavy atom. The molecule has 0 saturated carbocycles. The first-order valence-corrected chi connectivity index (χ1v) is 3.89. The van der Waals surface area contributed by atoms with Gasteiger partial charge in [-0.3, -0.25) is 4.79 Å². The van der Waals surface area contributed by atoms with Gasteiger partial charge in [-0.1, -0.05) is 0 Å². The number of carbonyl (C=O) groups excluding carboxylic acids is 1. The second-order valence-electron chi connectivity index (χ2n) is 2.73. The van der Waals surface area contributed by atoms with Crippen LogP contribution in [0.5, 0.6) is 0 Å². The van der Waals surface area contributed by atoms with E-state index in [1.165, 1.54) is 0 Å². The molecule has 0 aliphatic rings. The van der Waals surface area contributed by atoms with E-state index in [1.54, 1.807) is 26.5 Å². The number of aromatic nitrogens is 2. The molecule has 0 amide bonds. The van der Waals surface area contributed by atoms with Gasteiger partial charge in [0.25, 0.3) is 0 Å². The summed E-state index contributed by atoms with van der Waals surface area (Å²) in [5.74, 6) is 0.145. The van der Waals surface area contributed by atoms with Crippen LogP contribution in [0, 0.1) is 0 Å². The van der Waals surface area contributed by atoms with Crippen LogP contribution in [-0.2, 0) is 11.2 Å². The number of Topliss-reactive ketones (excluding diaryl/α,β-unsaturated/α-hetero) is 1. The van der Waals surface area contributed by atoms with Crippen LogP contribution in [0.15, 0.2) is 12.5 Å². The van der Waals surface area contributed by atoms with Crippen LogP contribution in [0.3, 0.4) is 0 Å². The molecule has 0 aliphatic heterocycles. The van der Waals surface area contributed by atoms with Crippen molar-refractivity contribution in [2.45, 2.75) is 19.4 Å². The quantitative estimate of drug-likeness (QED) is 0.670. The number of imidazole rings is 1. The van der Waals surface area contributed by atoms with E-state index in [0.717, 1.165) is 5.69 Å². The van der Waals surface area contributed by atoms with Gasteiger partial charge >= 0.3 is 0 Å². The fraction of sp³-hybridized carbons (Fsp3) is 0.500. The van der Waals surface area contributed by atoms with Gasteiger partial charge < -0.3 is 10.3 Å². The number of nitrogens with zero attached hydrogens (tertiary/aromatic N) is 1. The van der Waals surface area contributed by atoms with Crippen molar-refractivity contribution in [1.29, 1.82) is 0 Å². The summed E-state index contributed by atoms with van der Waals surface area (Å²) >= 11 is 0. The molecule has 1 aromatic rings. The van der Waals surface area contributed by atoms with Crippen molar-refractivity contribution in [3.8, 4) is 0 Å². The molecular formula is C8H13N3O. The fourth-order valence-corrected chi connectivity index (χ4v) is 1.07. The van der Waals surface area contributed by atoms with E-state index in [-0.39, 0.29) is 11.8 Å². The number of carbonyl (C=O) groups is 1. The maximum absolute atomic E-state index is 11.0. The molecule has 2 N–H and O–H groups in total. The molecule has 0 saturated heterocycles. The van der Waals surface area contributed by atoms with Crippen LogP contribution in [0.4, 0.5) is 0 Å². The highest BCUT2D eigenvalue weighted by atomic mass is 16.1. The Hall–Kier alpha value is -1.16. The summed E-state index contributed by atoms with van der Waals surface area (Å²) in [5, 5.41) is 2.94. The first kappa shape index (κ1) is 8.93. The molecule has 0 bridgehead atoms. The van der Waals surface area contributed by atoms with Crippen molar-refractivity contribution in [3.05, 3.63) is 18.2 Å². The normalized spacial score (nSPS) is 12.8. The van der Waals surface area contributed by atoms with E-state index in [1.807, 2.05) is 0 Å².